The maximum Gasteiger partial charge on any atom is 0.481 e. The Morgan fingerprint density at radius 3 is 1.94 bits per heavy atom. The Bertz CT molecular complexity index is 2040. The number of carbonyl (C=O) groups excluding carboxylic acids is 2. The number of hydrogen-bond donors (Lipinski definition) is 5. The maximum absolute atomic E-state index is 12.9. The van der Waals surface area contributed by atoms with Gasteiger partial charge in [0.15, 0.2) is 12.3 Å². The number of ether oxygens (including phenoxy) is 4. The number of anilines is 1. The lowest BCUT2D eigenvalue weighted by atomic mass is 10.1. The number of aromatic nitrogens is 2. The van der Waals surface area contributed by atoms with Gasteiger partial charge in [0.25, 0.3) is 0 Å². The quantitative estimate of drug-likeness (QED) is 0.0135. The number of phosphoric acid groups is 2. The third-order valence-corrected chi connectivity index (χ3v) is 13.8. The van der Waals surface area contributed by atoms with Crippen LogP contribution in [0.15, 0.2) is 90.0 Å². The van der Waals surface area contributed by atoms with Gasteiger partial charge in [-0.3, -0.25) is 23.2 Å². The minimum atomic E-state index is -5.44. The van der Waals surface area contributed by atoms with Crippen LogP contribution in [0.5, 0.6) is 0 Å². The first-order valence-corrected chi connectivity index (χ1v) is 28.1. The molecule has 0 radical (unpaired) electrons. The van der Waals surface area contributed by atoms with Crippen LogP contribution in [0.4, 0.5) is 5.82 Å². The monoisotopic (exact) mass is 1040 g/mol. The van der Waals surface area contributed by atoms with Gasteiger partial charge in [0, 0.05) is 19.0 Å². The van der Waals surface area contributed by atoms with Crippen LogP contribution >= 0.6 is 15.6 Å². The Kier molecular flexibility index (Phi) is 30.6. The lowest BCUT2D eigenvalue weighted by Gasteiger charge is -2.21. The van der Waals surface area contributed by atoms with Crippen LogP contribution in [0.3, 0.4) is 0 Å². The minimum Gasteiger partial charge on any atom is -0.462 e. The summed E-state index contributed by atoms with van der Waals surface area (Å²) in [5, 5.41) is 20.9. The van der Waals surface area contributed by atoms with Crippen molar-refractivity contribution in [3.8, 4) is 0 Å². The number of allylic oxidation sites excluding steroid dienone is 10. The summed E-state index contributed by atoms with van der Waals surface area (Å²) in [6, 6.07) is 1.24. The molecule has 19 nitrogen and oxygen atoms in total. The lowest BCUT2D eigenvalue weighted by molar-refractivity contribution is -0.161. The van der Waals surface area contributed by atoms with Crippen LogP contribution in [0.2, 0.25) is 0 Å². The number of nitrogens with zero attached hydrogens (tertiary/aromatic N) is 2. The molecule has 0 spiro atoms. The molecule has 0 bridgehead atoms. The summed E-state index contributed by atoms with van der Waals surface area (Å²) in [5.41, 5.74) is 4.58. The molecule has 1 aromatic rings. The van der Waals surface area contributed by atoms with Crippen molar-refractivity contribution in [2.75, 3.05) is 25.6 Å². The van der Waals surface area contributed by atoms with E-state index in [2.05, 4.69) is 83.9 Å². The summed E-state index contributed by atoms with van der Waals surface area (Å²) in [7, 11) is -10.9. The highest BCUT2D eigenvalue weighted by molar-refractivity contribution is 7.61. The molecule has 9 atom stereocenters. The first kappa shape index (κ1) is 61.5. The Balaban J connectivity index is 1.43. The molecule has 6 N–H and O–H groups in total. The molecule has 2 aliphatic rings. The Morgan fingerprint density at radius 1 is 0.704 bits per heavy atom. The summed E-state index contributed by atoms with van der Waals surface area (Å²) in [5.74, 6) is -1.40. The molecule has 1 aromatic heterocycles. The van der Waals surface area contributed by atoms with Crippen molar-refractivity contribution in [3.63, 3.8) is 0 Å². The van der Waals surface area contributed by atoms with Crippen LogP contribution in [0, 0.1) is 0 Å². The van der Waals surface area contributed by atoms with Gasteiger partial charge >= 0.3 is 33.3 Å². The van der Waals surface area contributed by atoms with Gasteiger partial charge in [-0.2, -0.15) is 9.29 Å². The Hall–Kier alpha value is -3.84. The third kappa shape index (κ3) is 27.7. The van der Waals surface area contributed by atoms with Gasteiger partial charge in [-0.25, -0.2) is 13.9 Å². The number of unbranched alkanes of at least 4 members (excludes halogenated alkanes) is 9. The fourth-order valence-corrected chi connectivity index (χ4v) is 9.29. The molecular weight excluding hydrogens is 961 g/mol. The fraction of sp³-hybridized carbons (Fsp3) is 0.640. The summed E-state index contributed by atoms with van der Waals surface area (Å²) < 4.78 is 62.5. The molecule has 3 rings (SSSR count). The smallest absolute Gasteiger partial charge is 0.462 e. The zero-order chi connectivity index (χ0) is 51.7. The van der Waals surface area contributed by atoms with Crippen LogP contribution < -0.4 is 11.4 Å². The number of phosphoric ester groups is 2. The van der Waals surface area contributed by atoms with Gasteiger partial charge in [-0.1, -0.05) is 119 Å². The predicted octanol–water partition coefficient (Wildman–Crippen LogP) is 9.10. The number of rotatable bonds is 39. The molecule has 21 heteroatoms. The van der Waals surface area contributed by atoms with Crippen molar-refractivity contribution < 1.29 is 71.0 Å². The van der Waals surface area contributed by atoms with Crippen LogP contribution in [0.1, 0.15) is 148 Å². The number of nitrogen functional groups attached to an aromatic ring is 1. The number of nitrogens with two attached hydrogens (primary N) is 1. The normalized spacial score (nSPS) is 22.6. The van der Waals surface area contributed by atoms with Crippen molar-refractivity contribution >= 4 is 33.4 Å². The maximum atomic E-state index is 12.9. The lowest BCUT2D eigenvalue weighted by Crippen LogP contribution is -2.36. The van der Waals surface area contributed by atoms with E-state index in [0.717, 1.165) is 87.8 Å². The van der Waals surface area contributed by atoms with E-state index >= 15 is 0 Å². The summed E-state index contributed by atoms with van der Waals surface area (Å²) in [4.78, 5) is 61.9. The van der Waals surface area contributed by atoms with E-state index in [1.165, 1.54) is 25.3 Å². The van der Waals surface area contributed by atoms with E-state index < -0.39 is 83.7 Å². The summed E-state index contributed by atoms with van der Waals surface area (Å²) in [6.45, 7) is 1.92. The second-order valence-corrected chi connectivity index (χ2v) is 20.4. The molecule has 2 fully saturated rings. The standard InChI is InChI=1S/C50H79N3O16P2/c1-3-5-7-9-11-13-14-15-16-17-18-20-22-24-30-34-46(55)66-40(37-63-45(54)33-29-26-25-28-32-42-41(67-42)31-27-23-21-19-12-10-8-6-4-2)38-64-70(59,60)69-71(61,62)65-39-43-47(56)48(57)49(68-43)53-36-35-44(51)52-50(53)58/h5,7,11-13,15-16,19,23,25,27-28,35-36,40-43,47-49,56-57H,3-4,6,8-10,14,17-18,20-22,24,26,29-34,37-39H2,1-2H3,(H,59,60)(H,61,62)(H2,51,52,58)/b7-5-,13-11-,16-15-,19-12-,27-23-,28-25-/t40-,41?,42?,43-,47-,48-,49-/m1/s1. The molecule has 0 saturated carbocycles. The first-order chi connectivity index (χ1) is 34.1. The van der Waals surface area contributed by atoms with Crippen molar-refractivity contribution in [1.29, 1.82) is 0 Å². The van der Waals surface area contributed by atoms with Gasteiger partial charge in [-0.05, 0) is 89.5 Å². The highest BCUT2D eigenvalue weighted by Crippen LogP contribution is 2.60. The molecular formula is C50H79N3O16P2. The number of aliphatic hydroxyl groups excluding tert-OH is 2. The summed E-state index contributed by atoms with van der Waals surface area (Å²) >= 11 is 0. The average Bonchev–Trinajstić information content (AvgIpc) is 4.02. The highest BCUT2D eigenvalue weighted by Gasteiger charge is 2.46. The van der Waals surface area contributed by atoms with Gasteiger partial charge in [0.1, 0.15) is 30.7 Å². The summed E-state index contributed by atoms with van der Waals surface area (Å²) in [6.07, 6.45) is 35.8. The average molecular weight is 1040 g/mol. The van der Waals surface area contributed by atoms with Crippen LogP contribution in [-0.2, 0) is 51.0 Å². The molecule has 2 aliphatic heterocycles. The number of hydrogen-bond acceptors (Lipinski definition) is 16. The van der Waals surface area contributed by atoms with Crippen molar-refractivity contribution in [2.45, 2.75) is 185 Å². The number of epoxide rings is 1. The third-order valence-electron chi connectivity index (χ3n) is 11.2. The molecule has 0 aromatic carbocycles. The zero-order valence-electron chi connectivity index (χ0n) is 41.4. The largest absolute Gasteiger partial charge is 0.481 e. The Morgan fingerprint density at radius 2 is 1.27 bits per heavy atom. The molecule has 4 unspecified atom stereocenters. The van der Waals surface area contributed by atoms with Gasteiger partial charge in [-0.15, -0.1) is 0 Å². The molecule has 2 saturated heterocycles. The molecule has 0 aliphatic carbocycles. The number of aliphatic hydroxyl groups is 2. The zero-order valence-corrected chi connectivity index (χ0v) is 43.2. The van der Waals surface area contributed by atoms with Crippen LogP contribution in [-0.4, -0.2) is 97.9 Å². The van der Waals surface area contributed by atoms with Crippen molar-refractivity contribution in [1.82, 2.24) is 9.55 Å². The number of esters is 2. The van der Waals surface area contributed by atoms with Crippen molar-refractivity contribution in [2.24, 2.45) is 0 Å². The first-order valence-electron chi connectivity index (χ1n) is 25.1. The number of carbonyl (C=O) groups is 2. The minimum absolute atomic E-state index is 0.0117. The van der Waals surface area contributed by atoms with Gasteiger partial charge < -0.3 is 44.7 Å². The van der Waals surface area contributed by atoms with E-state index in [0.29, 0.717) is 19.3 Å². The van der Waals surface area contributed by atoms with E-state index in [9.17, 15) is 43.5 Å². The van der Waals surface area contributed by atoms with Crippen molar-refractivity contribution in [3.05, 3.63) is 95.7 Å². The molecule has 3 heterocycles. The SMILES string of the molecule is CC/C=C\C/C=C\C/C=C\CCCCCCCC(=O)O[C@H](COC(=O)CCC/C=C\CC1OC1C/C=C\C/C=C\CCCCC)COP(=O)(O)OP(=O)(O)OC[C@H]1O[C@@H](n2ccc(N)nc2=O)[C@H](O)[C@@H]1O. The van der Waals surface area contributed by atoms with E-state index in [4.69, 9.17) is 33.7 Å². The molecule has 0 amide bonds. The molecule has 400 valence electrons. The second-order valence-electron chi connectivity index (χ2n) is 17.3. The Labute approximate surface area is 419 Å². The fourth-order valence-electron chi connectivity index (χ4n) is 7.18. The second kappa shape index (κ2) is 35.3. The molecule has 71 heavy (non-hydrogen) atoms. The predicted molar refractivity (Wildman–Crippen MR) is 270 cm³/mol. The van der Waals surface area contributed by atoms with Crippen LogP contribution in [0.25, 0.3) is 0 Å². The van der Waals surface area contributed by atoms with Gasteiger partial charge in [0.05, 0.1) is 25.4 Å². The van der Waals surface area contributed by atoms with E-state index in [-0.39, 0.29) is 30.9 Å². The van der Waals surface area contributed by atoms with E-state index in [1.54, 1.807) is 0 Å². The van der Waals surface area contributed by atoms with Gasteiger partial charge in [0.2, 0.25) is 0 Å². The topological polar surface area (TPSA) is 278 Å². The highest BCUT2D eigenvalue weighted by atomic mass is 31.3. The van der Waals surface area contributed by atoms with E-state index in [1.807, 2.05) is 12.2 Å².